The molecule has 0 N–H and O–H groups in total. The topological polar surface area (TPSA) is 54.0 Å². The van der Waals surface area contributed by atoms with E-state index in [1.807, 2.05) is 30.3 Å². The third-order valence-corrected chi connectivity index (χ3v) is 6.63. The standard InChI is InChI=1S/C20H19O5PS2/c1-22-27-19-12-8-16(9-13-19)24-26(21,18-6-4-3-5-7-18)25-17-10-14-20(15-11-17)28-23-2/h3-15H,1-2H3. The first kappa shape index (κ1) is 20.8. The van der Waals surface area contributed by atoms with Crippen LogP contribution < -0.4 is 14.4 Å². The molecular formula is C20H19O5PS2. The molecule has 0 atom stereocenters. The van der Waals surface area contributed by atoms with Crippen LogP contribution in [0.25, 0.3) is 0 Å². The number of hydrogen-bond acceptors (Lipinski definition) is 7. The zero-order valence-corrected chi connectivity index (χ0v) is 17.8. The molecule has 0 amide bonds. The van der Waals surface area contributed by atoms with Crippen molar-refractivity contribution in [1.82, 2.24) is 0 Å². The fourth-order valence-electron chi connectivity index (χ4n) is 2.32. The third kappa shape index (κ3) is 5.56. The minimum atomic E-state index is -3.65. The van der Waals surface area contributed by atoms with E-state index in [0.717, 1.165) is 9.79 Å². The van der Waals surface area contributed by atoms with Crippen molar-refractivity contribution in [3.8, 4) is 11.5 Å². The maximum Gasteiger partial charge on any atom is 0.462 e. The van der Waals surface area contributed by atoms with Crippen molar-refractivity contribution in [1.29, 1.82) is 0 Å². The van der Waals surface area contributed by atoms with Crippen LogP contribution in [0.15, 0.2) is 88.7 Å². The third-order valence-electron chi connectivity index (χ3n) is 3.53. The van der Waals surface area contributed by atoms with E-state index < -0.39 is 7.60 Å². The van der Waals surface area contributed by atoms with Crippen LogP contribution in [0.2, 0.25) is 0 Å². The van der Waals surface area contributed by atoms with E-state index in [4.69, 9.17) is 17.4 Å². The minimum absolute atomic E-state index is 0.444. The molecule has 146 valence electrons. The van der Waals surface area contributed by atoms with Gasteiger partial charge in [0, 0.05) is 33.9 Å². The van der Waals surface area contributed by atoms with E-state index in [1.54, 1.807) is 62.8 Å². The predicted molar refractivity (Wildman–Crippen MR) is 114 cm³/mol. The van der Waals surface area contributed by atoms with Crippen LogP contribution in [-0.4, -0.2) is 14.2 Å². The van der Waals surface area contributed by atoms with E-state index in [1.165, 1.54) is 24.1 Å². The highest BCUT2D eigenvalue weighted by Crippen LogP contribution is 2.47. The lowest BCUT2D eigenvalue weighted by molar-refractivity contribution is 0.399. The molecule has 0 saturated heterocycles. The summed E-state index contributed by atoms with van der Waals surface area (Å²) in [5.41, 5.74) is 0. The van der Waals surface area contributed by atoms with Gasteiger partial charge in [-0.15, -0.1) is 0 Å². The summed E-state index contributed by atoms with van der Waals surface area (Å²) in [6.45, 7) is 0. The zero-order chi connectivity index (χ0) is 19.8. The van der Waals surface area contributed by atoms with E-state index >= 15 is 0 Å². The van der Waals surface area contributed by atoms with Gasteiger partial charge in [-0.1, -0.05) is 18.2 Å². The molecule has 0 spiro atoms. The highest BCUT2D eigenvalue weighted by molar-refractivity contribution is 7.94. The Kier molecular flexibility index (Phi) is 7.48. The van der Waals surface area contributed by atoms with Gasteiger partial charge in [-0.05, 0) is 60.7 Å². The Morgan fingerprint density at radius 1 is 0.643 bits per heavy atom. The Morgan fingerprint density at radius 3 is 1.46 bits per heavy atom. The van der Waals surface area contributed by atoms with Gasteiger partial charge in [0.2, 0.25) is 0 Å². The monoisotopic (exact) mass is 434 g/mol. The van der Waals surface area contributed by atoms with Gasteiger partial charge in [0.1, 0.15) is 11.5 Å². The maximum atomic E-state index is 13.7. The first-order chi connectivity index (χ1) is 13.6. The van der Waals surface area contributed by atoms with E-state index in [2.05, 4.69) is 0 Å². The fourth-order valence-corrected chi connectivity index (χ4v) is 4.78. The number of rotatable bonds is 9. The minimum Gasteiger partial charge on any atom is -0.413 e. The molecule has 3 aromatic rings. The van der Waals surface area contributed by atoms with Crippen molar-refractivity contribution in [2.75, 3.05) is 14.2 Å². The fraction of sp³-hybridized carbons (Fsp3) is 0.100. The Morgan fingerprint density at radius 2 is 1.07 bits per heavy atom. The lowest BCUT2D eigenvalue weighted by atomic mass is 10.3. The van der Waals surface area contributed by atoms with Gasteiger partial charge in [0.15, 0.2) is 0 Å². The SMILES string of the molecule is COSc1ccc(OP(=O)(Oc2ccc(SOC)cc2)c2ccccc2)cc1. The Hall–Kier alpha value is -1.89. The Bertz CT molecular complexity index is 862. The summed E-state index contributed by atoms with van der Waals surface area (Å²) < 4.78 is 35.4. The maximum absolute atomic E-state index is 13.7. The molecule has 0 fully saturated rings. The predicted octanol–water partition coefficient (Wildman–Crippen LogP) is 5.97. The van der Waals surface area contributed by atoms with Crippen LogP contribution in [0.3, 0.4) is 0 Å². The number of hydrogen-bond donors (Lipinski definition) is 0. The van der Waals surface area contributed by atoms with Crippen LogP contribution in [0, 0.1) is 0 Å². The van der Waals surface area contributed by atoms with Crippen molar-refractivity contribution in [3.63, 3.8) is 0 Å². The molecule has 0 heterocycles. The van der Waals surface area contributed by atoms with Crippen molar-refractivity contribution in [2.45, 2.75) is 9.79 Å². The molecule has 5 nitrogen and oxygen atoms in total. The number of benzene rings is 3. The van der Waals surface area contributed by atoms with Gasteiger partial charge in [0.05, 0.1) is 19.5 Å². The normalized spacial score (nSPS) is 11.2. The summed E-state index contributed by atoms with van der Waals surface area (Å²) in [6, 6.07) is 23.2. The summed E-state index contributed by atoms with van der Waals surface area (Å²) in [5, 5.41) is 0.473. The molecule has 0 bridgehead atoms. The average Bonchev–Trinajstić information content (AvgIpc) is 2.72. The van der Waals surface area contributed by atoms with Crippen LogP contribution in [0.5, 0.6) is 11.5 Å². The molecule has 0 aromatic heterocycles. The molecular weight excluding hydrogens is 415 g/mol. The summed E-state index contributed by atoms with van der Waals surface area (Å²) in [7, 11) is -0.452. The highest BCUT2D eigenvalue weighted by atomic mass is 32.2. The molecule has 0 aliphatic heterocycles. The van der Waals surface area contributed by atoms with Gasteiger partial charge >= 0.3 is 7.60 Å². The molecule has 0 radical (unpaired) electrons. The van der Waals surface area contributed by atoms with Crippen LogP contribution in [0.1, 0.15) is 0 Å². The summed E-state index contributed by atoms with van der Waals surface area (Å²) in [5.74, 6) is 0.887. The molecule has 3 rings (SSSR count). The lowest BCUT2D eigenvalue weighted by Gasteiger charge is -2.20. The second-order valence-corrected chi connectivity index (χ2v) is 9.28. The smallest absolute Gasteiger partial charge is 0.413 e. The second kappa shape index (κ2) is 10.0. The molecule has 8 heteroatoms. The first-order valence-electron chi connectivity index (χ1n) is 8.29. The summed E-state index contributed by atoms with van der Waals surface area (Å²) >= 11 is 2.48. The summed E-state index contributed by atoms with van der Waals surface area (Å²) in [6.07, 6.45) is 0. The van der Waals surface area contributed by atoms with Crippen LogP contribution in [-0.2, 0) is 12.9 Å². The molecule has 3 aromatic carbocycles. The molecule has 0 unspecified atom stereocenters. The van der Waals surface area contributed by atoms with Gasteiger partial charge in [0.25, 0.3) is 0 Å². The van der Waals surface area contributed by atoms with Crippen molar-refractivity contribution in [3.05, 3.63) is 78.9 Å². The molecule has 0 saturated carbocycles. The average molecular weight is 434 g/mol. The molecule has 0 aliphatic rings. The van der Waals surface area contributed by atoms with Crippen molar-refractivity contribution in [2.24, 2.45) is 0 Å². The van der Waals surface area contributed by atoms with Gasteiger partial charge in [-0.3, -0.25) is 0 Å². The Balaban J connectivity index is 1.86. The Labute approximate surface area is 173 Å². The second-order valence-electron chi connectivity index (χ2n) is 5.46. The molecule has 28 heavy (non-hydrogen) atoms. The van der Waals surface area contributed by atoms with E-state index in [-0.39, 0.29) is 0 Å². The van der Waals surface area contributed by atoms with Gasteiger partial charge < -0.3 is 17.4 Å². The van der Waals surface area contributed by atoms with Crippen LogP contribution >= 0.6 is 31.7 Å². The highest BCUT2D eigenvalue weighted by Gasteiger charge is 2.31. The quantitative estimate of drug-likeness (QED) is 0.304. The lowest BCUT2D eigenvalue weighted by Crippen LogP contribution is -2.14. The van der Waals surface area contributed by atoms with Gasteiger partial charge in [-0.25, -0.2) is 4.57 Å². The molecule has 0 aliphatic carbocycles. The largest absolute Gasteiger partial charge is 0.462 e. The van der Waals surface area contributed by atoms with E-state index in [0.29, 0.717) is 16.8 Å². The van der Waals surface area contributed by atoms with Crippen molar-refractivity contribution < 1.29 is 22.0 Å². The van der Waals surface area contributed by atoms with E-state index in [9.17, 15) is 4.57 Å². The van der Waals surface area contributed by atoms with Crippen molar-refractivity contribution >= 4 is 37.0 Å². The zero-order valence-electron chi connectivity index (χ0n) is 15.3. The van der Waals surface area contributed by atoms with Crippen LogP contribution in [0.4, 0.5) is 0 Å². The van der Waals surface area contributed by atoms with Gasteiger partial charge in [-0.2, -0.15) is 0 Å². The summed E-state index contributed by atoms with van der Waals surface area (Å²) in [4.78, 5) is 1.83. The first-order valence-corrected chi connectivity index (χ1v) is 11.3.